The van der Waals surface area contributed by atoms with Crippen molar-refractivity contribution in [3.05, 3.63) is 77.6 Å². The number of aliphatic carboxylic acids is 1. The fraction of sp³-hybridized carbons (Fsp3) is 0.179. The molecule has 0 fully saturated rings. The number of ether oxygens (including phenoxy) is 1. The Hall–Kier alpha value is -4.44. The molecule has 4 rings (SSSR count). The number of fused-ring (bicyclic) bond motifs is 1. The minimum atomic E-state index is -1.09. The Morgan fingerprint density at radius 1 is 1.17 bits per heavy atom. The maximum Gasteiger partial charge on any atom is 0.325 e. The molecule has 0 spiro atoms. The van der Waals surface area contributed by atoms with Crippen LogP contribution in [0.1, 0.15) is 25.0 Å². The van der Waals surface area contributed by atoms with E-state index in [1.165, 1.54) is 25.1 Å². The van der Waals surface area contributed by atoms with Crippen LogP contribution >= 0.6 is 0 Å². The number of nitrogens with zero attached hydrogens (tertiary/aromatic N) is 2. The summed E-state index contributed by atoms with van der Waals surface area (Å²) in [5, 5.41) is 22.7. The SMILES string of the molecule is CCOc1ccccc1-c1ccc(-c2nc3ccc(F)cc3c(N[C@H](C)C(=O)O)c2C#N)cc1C. The van der Waals surface area contributed by atoms with Crippen LogP contribution in [0.25, 0.3) is 33.3 Å². The Morgan fingerprint density at radius 2 is 1.94 bits per heavy atom. The predicted octanol–water partition coefficient (Wildman–Crippen LogP) is 6.17. The van der Waals surface area contributed by atoms with Crippen molar-refractivity contribution in [3.63, 3.8) is 0 Å². The molecule has 0 radical (unpaired) electrons. The van der Waals surface area contributed by atoms with Gasteiger partial charge in [0, 0.05) is 16.5 Å². The molecule has 0 aliphatic heterocycles. The van der Waals surface area contributed by atoms with E-state index in [0.717, 1.165) is 22.4 Å². The molecule has 0 unspecified atom stereocenters. The molecule has 35 heavy (non-hydrogen) atoms. The molecule has 0 bridgehead atoms. The van der Waals surface area contributed by atoms with Crippen LogP contribution in [0.15, 0.2) is 60.7 Å². The summed E-state index contributed by atoms with van der Waals surface area (Å²) in [6.07, 6.45) is 0. The van der Waals surface area contributed by atoms with Gasteiger partial charge in [-0.25, -0.2) is 9.37 Å². The summed E-state index contributed by atoms with van der Waals surface area (Å²) in [6, 6.07) is 18.7. The number of halogens is 1. The summed E-state index contributed by atoms with van der Waals surface area (Å²) in [4.78, 5) is 16.2. The zero-order valence-corrected chi connectivity index (χ0v) is 19.6. The largest absolute Gasteiger partial charge is 0.493 e. The lowest BCUT2D eigenvalue weighted by molar-refractivity contribution is -0.137. The lowest BCUT2D eigenvalue weighted by atomic mass is 9.94. The molecule has 2 N–H and O–H groups in total. The van der Waals surface area contributed by atoms with Gasteiger partial charge >= 0.3 is 5.97 Å². The molecule has 3 aromatic carbocycles. The second-order valence-corrected chi connectivity index (χ2v) is 8.15. The fourth-order valence-electron chi connectivity index (χ4n) is 4.07. The van der Waals surface area contributed by atoms with Crippen LogP contribution in [0.2, 0.25) is 0 Å². The average molecular weight is 470 g/mol. The van der Waals surface area contributed by atoms with Crippen LogP contribution in [0.3, 0.4) is 0 Å². The van der Waals surface area contributed by atoms with Crippen LogP contribution in [0.5, 0.6) is 5.75 Å². The second kappa shape index (κ2) is 9.82. The third-order valence-electron chi connectivity index (χ3n) is 5.77. The first kappa shape index (κ1) is 23.7. The third-order valence-corrected chi connectivity index (χ3v) is 5.77. The van der Waals surface area contributed by atoms with Crippen LogP contribution in [0, 0.1) is 24.1 Å². The number of carboxylic acids is 1. The van der Waals surface area contributed by atoms with Gasteiger partial charge in [0.25, 0.3) is 0 Å². The molecule has 0 saturated carbocycles. The number of aromatic nitrogens is 1. The molecule has 0 aliphatic rings. The molecule has 1 atom stereocenters. The molecular weight excluding hydrogens is 445 g/mol. The van der Waals surface area contributed by atoms with E-state index in [9.17, 15) is 19.6 Å². The number of carbonyl (C=O) groups is 1. The van der Waals surface area contributed by atoms with E-state index in [1.54, 1.807) is 0 Å². The van der Waals surface area contributed by atoms with E-state index in [2.05, 4.69) is 16.4 Å². The summed E-state index contributed by atoms with van der Waals surface area (Å²) in [5.41, 5.74) is 4.81. The number of hydrogen-bond donors (Lipinski definition) is 2. The first-order valence-corrected chi connectivity index (χ1v) is 11.2. The number of pyridine rings is 1. The number of rotatable bonds is 7. The summed E-state index contributed by atoms with van der Waals surface area (Å²) in [7, 11) is 0. The Kier molecular flexibility index (Phi) is 6.65. The highest BCUT2D eigenvalue weighted by Crippen LogP contribution is 2.38. The van der Waals surface area contributed by atoms with E-state index < -0.39 is 17.8 Å². The van der Waals surface area contributed by atoms with Gasteiger partial charge in [0.2, 0.25) is 0 Å². The quantitative estimate of drug-likeness (QED) is 0.336. The Bertz CT molecular complexity index is 1480. The van der Waals surface area contributed by atoms with Gasteiger partial charge in [-0.2, -0.15) is 5.26 Å². The van der Waals surface area contributed by atoms with Crippen LogP contribution < -0.4 is 10.1 Å². The predicted molar refractivity (Wildman–Crippen MR) is 134 cm³/mol. The molecule has 0 amide bonds. The number of aryl methyl sites for hydroxylation is 1. The maximum atomic E-state index is 14.1. The highest BCUT2D eigenvalue weighted by atomic mass is 19.1. The van der Waals surface area contributed by atoms with Gasteiger partial charge in [-0.3, -0.25) is 4.79 Å². The Labute approximate surface area is 202 Å². The Balaban J connectivity index is 1.91. The Morgan fingerprint density at radius 3 is 2.63 bits per heavy atom. The van der Waals surface area contributed by atoms with E-state index >= 15 is 0 Å². The minimum absolute atomic E-state index is 0.151. The van der Waals surface area contributed by atoms with Gasteiger partial charge in [-0.05, 0) is 62.2 Å². The van der Waals surface area contributed by atoms with Gasteiger partial charge in [-0.1, -0.05) is 30.3 Å². The maximum absolute atomic E-state index is 14.1. The van der Waals surface area contributed by atoms with Gasteiger partial charge in [0.05, 0.1) is 23.5 Å². The van der Waals surface area contributed by atoms with Crippen molar-refractivity contribution >= 4 is 22.6 Å². The monoisotopic (exact) mass is 469 g/mol. The smallest absolute Gasteiger partial charge is 0.325 e. The first-order chi connectivity index (χ1) is 16.8. The lowest BCUT2D eigenvalue weighted by Crippen LogP contribution is -2.26. The van der Waals surface area contributed by atoms with Crippen molar-refractivity contribution < 1.29 is 19.0 Å². The van der Waals surface area contributed by atoms with E-state index in [1.807, 2.05) is 56.3 Å². The van der Waals surface area contributed by atoms with Crippen molar-refractivity contribution in [2.24, 2.45) is 0 Å². The lowest BCUT2D eigenvalue weighted by Gasteiger charge is -2.18. The molecule has 176 valence electrons. The molecule has 6 nitrogen and oxygen atoms in total. The standard InChI is InChI=1S/C28H24FN3O3/c1-4-35-25-8-6-5-7-21(25)20-11-9-18(13-16(20)2)26-23(15-30)27(31-17(3)28(33)34)22-14-19(29)10-12-24(22)32-26/h5-14,17H,4H2,1-3H3,(H,31,32)(H,33,34)/t17-/m1/s1. The summed E-state index contributed by atoms with van der Waals surface area (Å²) < 4.78 is 19.8. The van der Waals surface area contributed by atoms with E-state index in [0.29, 0.717) is 28.8 Å². The molecule has 0 saturated heterocycles. The van der Waals surface area contributed by atoms with E-state index in [4.69, 9.17) is 4.74 Å². The first-order valence-electron chi connectivity index (χ1n) is 11.2. The van der Waals surface area contributed by atoms with Gasteiger partial charge in [0.15, 0.2) is 0 Å². The van der Waals surface area contributed by atoms with Crippen molar-refractivity contribution in [2.75, 3.05) is 11.9 Å². The average Bonchev–Trinajstić information content (AvgIpc) is 2.84. The number of anilines is 1. The van der Waals surface area contributed by atoms with Crippen LogP contribution in [0.4, 0.5) is 10.1 Å². The number of benzene rings is 3. The van der Waals surface area contributed by atoms with Crippen LogP contribution in [-0.4, -0.2) is 28.7 Å². The number of hydrogen-bond acceptors (Lipinski definition) is 5. The molecule has 0 aliphatic carbocycles. The number of nitrogens with one attached hydrogen (secondary N) is 1. The number of para-hydroxylation sites is 1. The highest BCUT2D eigenvalue weighted by Gasteiger charge is 2.21. The zero-order valence-electron chi connectivity index (χ0n) is 19.6. The van der Waals surface area contributed by atoms with Gasteiger partial charge in [-0.15, -0.1) is 0 Å². The molecule has 1 aromatic heterocycles. The fourth-order valence-corrected chi connectivity index (χ4v) is 4.07. The minimum Gasteiger partial charge on any atom is -0.493 e. The summed E-state index contributed by atoms with van der Waals surface area (Å²) in [6.45, 7) is 5.91. The van der Waals surface area contributed by atoms with Crippen molar-refractivity contribution in [3.8, 4) is 34.2 Å². The van der Waals surface area contributed by atoms with Gasteiger partial charge in [0.1, 0.15) is 29.2 Å². The van der Waals surface area contributed by atoms with Gasteiger partial charge < -0.3 is 15.2 Å². The molecular formula is C28H24FN3O3. The van der Waals surface area contributed by atoms with E-state index in [-0.39, 0.29) is 11.3 Å². The number of carboxylic acid groups (broad SMARTS) is 1. The molecule has 1 heterocycles. The summed E-state index contributed by atoms with van der Waals surface area (Å²) in [5.74, 6) is -0.816. The third kappa shape index (κ3) is 4.64. The topological polar surface area (TPSA) is 95.2 Å². The second-order valence-electron chi connectivity index (χ2n) is 8.15. The van der Waals surface area contributed by atoms with Crippen molar-refractivity contribution in [2.45, 2.75) is 26.8 Å². The van der Waals surface area contributed by atoms with Crippen molar-refractivity contribution in [1.82, 2.24) is 4.98 Å². The summed E-state index contributed by atoms with van der Waals surface area (Å²) >= 11 is 0. The van der Waals surface area contributed by atoms with Crippen molar-refractivity contribution in [1.29, 1.82) is 5.26 Å². The zero-order chi connectivity index (χ0) is 25.1. The molecule has 7 heteroatoms. The van der Waals surface area contributed by atoms with Crippen LogP contribution in [-0.2, 0) is 4.79 Å². The highest BCUT2D eigenvalue weighted by molar-refractivity contribution is 5.99. The normalized spacial score (nSPS) is 11.6. The molecule has 4 aromatic rings. The number of nitriles is 1.